The van der Waals surface area contributed by atoms with Crippen molar-refractivity contribution in [2.24, 2.45) is 0 Å². The number of carbonyl (C=O) groups is 3. The van der Waals surface area contributed by atoms with Gasteiger partial charge in [0, 0.05) is 6.54 Å². The van der Waals surface area contributed by atoms with Gasteiger partial charge < -0.3 is 24.8 Å². The minimum atomic E-state index is -0.714. The lowest BCUT2D eigenvalue weighted by Gasteiger charge is -2.12. The first kappa shape index (κ1) is 22.8. The lowest BCUT2D eigenvalue weighted by Crippen LogP contribution is -2.28. The third-order valence-electron chi connectivity index (χ3n) is 4.41. The predicted octanol–water partition coefficient (Wildman–Crippen LogP) is 3.49. The van der Waals surface area contributed by atoms with Gasteiger partial charge in [-0.25, -0.2) is 4.79 Å². The zero-order valence-electron chi connectivity index (χ0n) is 17.5. The van der Waals surface area contributed by atoms with E-state index in [0.29, 0.717) is 22.1 Å². The van der Waals surface area contributed by atoms with Crippen molar-refractivity contribution in [1.82, 2.24) is 5.32 Å². The van der Waals surface area contributed by atoms with Crippen LogP contribution in [0.3, 0.4) is 0 Å². The highest BCUT2D eigenvalue weighted by molar-refractivity contribution is 7.12. The smallest absolute Gasteiger partial charge is 0.340 e. The number of hydrogen-bond donors (Lipinski definition) is 2. The average Bonchev–Trinajstić information content (AvgIpc) is 3.36. The summed E-state index contributed by atoms with van der Waals surface area (Å²) in [4.78, 5) is 37.4. The first-order chi connectivity index (χ1) is 15.5. The van der Waals surface area contributed by atoms with Crippen LogP contribution in [0.4, 0.5) is 5.69 Å². The molecule has 2 aromatic carbocycles. The number of methoxy groups -OCH3 is 2. The second kappa shape index (κ2) is 11.0. The van der Waals surface area contributed by atoms with Crippen molar-refractivity contribution < 1.29 is 28.6 Å². The highest BCUT2D eigenvalue weighted by Crippen LogP contribution is 2.27. The van der Waals surface area contributed by atoms with E-state index in [1.807, 2.05) is 0 Å². The van der Waals surface area contributed by atoms with E-state index in [4.69, 9.17) is 14.2 Å². The fourth-order valence-corrected chi connectivity index (χ4v) is 3.43. The van der Waals surface area contributed by atoms with E-state index >= 15 is 0 Å². The molecule has 0 saturated heterocycles. The van der Waals surface area contributed by atoms with Crippen molar-refractivity contribution in [1.29, 1.82) is 0 Å². The summed E-state index contributed by atoms with van der Waals surface area (Å²) < 4.78 is 15.5. The van der Waals surface area contributed by atoms with Gasteiger partial charge in [0.05, 0.1) is 30.3 Å². The van der Waals surface area contributed by atoms with Gasteiger partial charge in [-0.15, -0.1) is 11.3 Å². The van der Waals surface area contributed by atoms with Gasteiger partial charge in [0.1, 0.15) is 0 Å². The molecule has 0 unspecified atom stereocenters. The van der Waals surface area contributed by atoms with E-state index < -0.39 is 18.5 Å². The minimum Gasteiger partial charge on any atom is -0.493 e. The number of nitrogens with one attached hydrogen (secondary N) is 2. The molecule has 0 bridgehead atoms. The van der Waals surface area contributed by atoms with Crippen LogP contribution in [0.25, 0.3) is 0 Å². The number of thiophene rings is 1. The summed E-state index contributed by atoms with van der Waals surface area (Å²) in [6, 6.07) is 15.2. The molecule has 1 heterocycles. The van der Waals surface area contributed by atoms with Crippen molar-refractivity contribution >= 4 is 34.8 Å². The Morgan fingerprint density at radius 2 is 1.72 bits per heavy atom. The fourth-order valence-electron chi connectivity index (χ4n) is 2.81. The average molecular weight is 455 g/mol. The van der Waals surface area contributed by atoms with Crippen LogP contribution in [0, 0.1) is 0 Å². The van der Waals surface area contributed by atoms with Crippen LogP contribution in [-0.2, 0) is 16.1 Å². The molecule has 2 amide bonds. The van der Waals surface area contributed by atoms with Gasteiger partial charge >= 0.3 is 5.97 Å². The normalized spacial score (nSPS) is 10.2. The Morgan fingerprint density at radius 1 is 0.938 bits per heavy atom. The Labute approximate surface area is 189 Å². The van der Waals surface area contributed by atoms with Crippen molar-refractivity contribution in [3.8, 4) is 11.5 Å². The fraction of sp³-hybridized carbons (Fsp3) is 0.174. The number of carbonyl (C=O) groups excluding carboxylic acids is 3. The molecule has 0 aliphatic rings. The van der Waals surface area contributed by atoms with Crippen molar-refractivity contribution in [2.45, 2.75) is 6.54 Å². The highest BCUT2D eigenvalue weighted by atomic mass is 32.1. The number of amides is 2. The number of rotatable bonds is 9. The molecule has 0 atom stereocenters. The molecule has 1 aromatic heterocycles. The van der Waals surface area contributed by atoms with Crippen molar-refractivity contribution in [3.63, 3.8) is 0 Å². The lowest BCUT2D eigenvalue weighted by molar-refractivity contribution is -0.124. The maximum absolute atomic E-state index is 12.5. The molecule has 32 heavy (non-hydrogen) atoms. The topological polar surface area (TPSA) is 103 Å². The summed E-state index contributed by atoms with van der Waals surface area (Å²) in [5.74, 6) is -0.372. The Kier molecular flexibility index (Phi) is 7.82. The van der Waals surface area contributed by atoms with Crippen molar-refractivity contribution in [3.05, 3.63) is 76.0 Å². The molecule has 0 aliphatic carbocycles. The molecule has 9 heteroatoms. The molecular formula is C23H22N2O6S. The molecule has 166 valence electrons. The van der Waals surface area contributed by atoms with E-state index in [1.165, 1.54) is 24.5 Å². The highest BCUT2D eigenvalue weighted by Gasteiger charge is 2.17. The summed E-state index contributed by atoms with van der Waals surface area (Å²) in [7, 11) is 3.07. The SMILES string of the molecule is COc1ccc(CNC(=O)COC(=O)c2ccccc2NC(=O)c2cccs2)cc1OC. The Hall–Kier alpha value is -3.85. The molecule has 0 radical (unpaired) electrons. The quantitative estimate of drug-likeness (QED) is 0.480. The first-order valence-corrected chi connectivity index (χ1v) is 10.5. The molecule has 2 N–H and O–H groups in total. The van der Waals surface area contributed by atoms with Gasteiger partial charge in [-0.05, 0) is 41.3 Å². The second-order valence-corrected chi connectivity index (χ2v) is 7.47. The Morgan fingerprint density at radius 3 is 2.44 bits per heavy atom. The number of benzene rings is 2. The number of para-hydroxylation sites is 1. The maximum atomic E-state index is 12.5. The first-order valence-electron chi connectivity index (χ1n) is 9.60. The van der Waals surface area contributed by atoms with Gasteiger partial charge in [0.15, 0.2) is 18.1 Å². The number of anilines is 1. The van der Waals surface area contributed by atoms with Crippen LogP contribution in [0.1, 0.15) is 25.6 Å². The van der Waals surface area contributed by atoms with Gasteiger partial charge in [-0.1, -0.05) is 24.3 Å². The summed E-state index contributed by atoms with van der Waals surface area (Å²) >= 11 is 1.29. The largest absolute Gasteiger partial charge is 0.493 e. The van der Waals surface area contributed by atoms with Gasteiger partial charge in [0.2, 0.25) is 0 Å². The van der Waals surface area contributed by atoms with E-state index in [1.54, 1.807) is 61.0 Å². The predicted molar refractivity (Wildman–Crippen MR) is 120 cm³/mol. The monoisotopic (exact) mass is 454 g/mol. The molecule has 0 spiro atoms. The minimum absolute atomic E-state index is 0.157. The number of esters is 1. The van der Waals surface area contributed by atoms with Gasteiger partial charge in [0.25, 0.3) is 11.8 Å². The molecule has 0 aliphatic heterocycles. The molecule has 3 aromatic rings. The Bertz CT molecular complexity index is 1100. The zero-order chi connectivity index (χ0) is 22.9. The van der Waals surface area contributed by atoms with Crippen LogP contribution in [0.2, 0.25) is 0 Å². The summed E-state index contributed by atoms with van der Waals surface area (Å²) in [5, 5.41) is 7.16. The molecular weight excluding hydrogens is 432 g/mol. The van der Waals surface area contributed by atoms with E-state index in [-0.39, 0.29) is 18.0 Å². The third kappa shape index (κ3) is 5.86. The molecule has 8 nitrogen and oxygen atoms in total. The lowest BCUT2D eigenvalue weighted by atomic mass is 10.1. The van der Waals surface area contributed by atoms with Crippen LogP contribution in [-0.4, -0.2) is 38.6 Å². The standard InChI is InChI=1S/C23H22N2O6S/c1-29-18-10-9-15(12-19(18)30-2)13-24-21(26)14-31-23(28)16-6-3-4-7-17(16)25-22(27)20-8-5-11-32-20/h3-12H,13-14H2,1-2H3,(H,24,26)(H,25,27). The third-order valence-corrected chi connectivity index (χ3v) is 5.28. The molecule has 0 saturated carbocycles. The van der Waals surface area contributed by atoms with Crippen LogP contribution >= 0.6 is 11.3 Å². The molecule has 0 fully saturated rings. The second-order valence-electron chi connectivity index (χ2n) is 6.52. The Balaban J connectivity index is 1.54. The van der Waals surface area contributed by atoms with Crippen LogP contribution < -0.4 is 20.1 Å². The number of hydrogen-bond acceptors (Lipinski definition) is 7. The van der Waals surface area contributed by atoms with E-state index in [2.05, 4.69) is 10.6 Å². The summed E-state index contributed by atoms with van der Waals surface area (Å²) in [6.07, 6.45) is 0. The maximum Gasteiger partial charge on any atom is 0.340 e. The van der Waals surface area contributed by atoms with Gasteiger partial charge in [-0.3, -0.25) is 9.59 Å². The van der Waals surface area contributed by atoms with E-state index in [9.17, 15) is 14.4 Å². The van der Waals surface area contributed by atoms with Crippen LogP contribution in [0.5, 0.6) is 11.5 Å². The van der Waals surface area contributed by atoms with E-state index in [0.717, 1.165) is 5.56 Å². The molecule has 3 rings (SSSR count). The van der Waals surface area contributed by atoms with Crippen LogP contribution in [0.15, 0.2) is 60.0 Å². The van der Waals surface area contributed by atoms with Crippen molar-refractivity contribution in [2.75, 3.05) is 26.1 Å². The summed E-state index contributed by atoms with van der Waals surface area (Å²) in [5.41, 5.74) is 1.26. The summed E-state index contributed by atoms with van der Waals surface area (Å²) in [6.45, 7) is -0.233. The van der Waals surface area contributed by atoms with Gasteiger partial charge in [-0.2, -0.15) is 0 Å². The zero-order valence-corrected chi connectivity index (χ0v) is 18.4. The number of ether oxygens (including phenoxy) is 3.